The zero-order valence-corrected chi connectivity index (χ0v) is 10.6. The summed E-state index contributed by atoms with van der Waals surface area (Å²) in [5.74, 6) is -0.112. The van der Waals surface area contributed by atoms with Gasteiger partial charge in [-0.25, -0.2) is 0 Å². The molecule has 5 heteroatoms. The SMILES string of the molecule is CNCc1ccc(C(=O)NCCOCCO)cc1. The van der Waals surface area contributed by atoms with E-state index in [0.717, 1.165) is 12.1 Å². The summed E-state index contributed by atoms with van der Waals surface area (Å²) in [5.41, 5.74) is 1.78. The van der Waals surface area contributed by atoms with Gasteiger partial charge in [-0.15, -0.1) is 0 Å². The maximum Gasteiger partial charge on any atom is 0.251 e. The number of hydrogen-bond donors (Lipinski definition) is 3. The molecule has 0 saturated carbocycles. The lowest BCUT2D eigenvalue weighted by Crippen LogP contribution is -2.27. The third-order valence-corrected chi connectivity index (χ3v) is 2.36. The molecule has 0 aliphatic rings. The molecule has 0 atom stereocenters. The Labute approximate surface area is 107 Å². The summed E-state index contributed by atoms with van der Waals surface area (Å²) in [4.78, 5) is 11.7. The number of ether oxygens (including phenoxy) is 1. The van der Waals surface area contributed by atoms with Gasteiger partial charge in [0, 0.05) is 18.7 Å². The topological polar surface area (TPSA) is 70.6 Å². The van der Waals surface area contributed by atoms with Crippen LogP contribution in [-0.4, -0.2) is 44.4 Å². The molecule has 18 heavy (non-hydrogen) atoms. The maximum atomic E-state index is 11.7. The van der Waals surface area contributed by atoms with Crippen LogP contribution in [0.5, 0.6) is 0 Å². The molecule has 5 nitrogen and oxygen atoms in total. The van der Waals surface area contributed by atoms with Gasteiger partial charge in [0.25, 0.3) is 5.91 Å². The molecule has 1 aromatic carbocycles. The minimum atomic E-state index is -0.112. The number of carbonyl (C=O) groups excluding carboxylic acids is 1. The van der Waals surface area contributed by atoms with Gasteiger partial charge in [0.2, 0.25) is 0 Å². The molecule has 0 aromatic heterocycles. The lowest BCUT2D eigenvalue weighted by molar-refractivity contribution is 0.0838. The molecule has 0 aliphatic carbocycles. The van der Waals surface area contributed by atoms with E-state index >= 15 is 0 Å². The Morgan fingerprint density at radius 3 is 2.61 bits per heavy atom. The zero-order chi connectivity index (χ0) is 13.2. The highest BCUT2D eigenvalue weighted by molar-refractivity contribution is 5.94. The molecular weight excluding hydrogens is 232 g/mol. The van der Waals surface area contributed by atoms with E-state index in [1.54, 1.807) is 12.1 Å². The standard InChI is InChI=1S/C13H20N2O3/c1-14-10-11-2-4-12(5-3-11)13(17)15-6-8-18-9-7-16/h2-5,14,16H,6-10H2,1H3,(H,15,17). The van der Waals surface area contributed by atoms with E-state index in [0.29, 0.717) is 25.3 Å². The van der Waals surface area contributed by atoms with Crippen LogP contribution in [0.15, 0.2) is 24.3 Å². The summed E-state index contributed by atoms with van der Waals surface area (Å²) in [6, 6.07) is 7.45. The average molecular weight is 252 g/mol. The van der Waals surface area contributed by atoms with Gasteiger partial charge in [0.05, 0.1) is 19.8 Å². The molecular formula is C13H20N2O3. The molecule has 1 amide bonds. The van der Waals surface area contributed by atoms with Crippen molar-refractivity contribution in [3.05, 3.63) is 35.4 Å². The minimum absolute atomic E-state index is 0.000866. The average Bonchev–Trinajstić information content (AvgIpc) is 2.39. The molecule has 0 fully saturated rings. The van der Waals surface area contributed by atoms with E-state index in [2.05, 4.69) is 10.6 Å². The Bertz CT molecular complexity index is 352. The predicted molar refractivity (Wildman–Crippen MR) is 69.4 cm³/mol. The third kappa shape index (κ3) is 5.27. The fourth-order valence-electron chi connectivity index (χ4n) is 1.48. The van der Waals surface area contributed by atoms with E-state index in [-0.39, 0.29) is 12.5 Å². The number of nitrogens with one attached hydrogen (secondary N) is 2. The molecule has 0 radical (unpaired) electrons. The van der Waals surface area contributed by atoms with Crippen LogP contribution in [0.25, 0.3) is 0 Å². The van der Waals surface area contributed by atoms with Gasteiger partial charge in [0.1, 0.15) is 0 Å². The highest BCUT2D eigenvalue weighted by Crippen LogP contribution is 2.03. The number of carbonyl (C=O) groups is 1. The molecule has 0 heterocycles. The summed E-state index contributed by atoms with van der Waals surface area (Å²) in [7, 11) is 1.88. The largest absolute Gasteiger partial charge is 0.394 e. The molecule has 0 spiro atoms. The molecule has 1 rings (SSSR count). The number of amides is 1. The maximum absolute atomic E-state index is 11.7. The lowest BCUT2D eigenvalue weighted by Gasteiger charge is -2.06. The number of aliphatic hydroxyl groups is 1. The van der Waals surface area contributed by atoms with Gasteiger partial charge in [-0.05, 0) is 24.7 Å². The molecule has 100 valence electrons. The highest BCUT2D eigenvalue weighted by atomic mass is 16.5. The molecule has 1 aromatic rings. The Balaban J connectivity index is 2.32. The Kier molecular flexibility index (Phi) is 7.01. The first-order valence-corrected chi connectivity index (χ1v) is 5.98. The van der Waals surface area contributed by atoms with Crippen molar-refractivity contribution in [2.24, 2.45) is 0 Å². The lowest BCUT2D eigenvalue weighted by atomic mass is 10.1. The third-order valence-electron chi connectivity index (χ3n) is 2.36. The van der Waals surface area contributed by atoms with Crippen molar-refractivity contribution in [2.45, 2.75) is 6.54 Å². The molecule has 0 bridgehead atoms. The van der Waals surface area contributed by atoms with E-state index in [1.807, 2.05) is 19.2 Å². The zero-order valence-electron chi connectivity index (χ0n) is 10.6. The van der Waals surface area contributed by atoms with Crippen molar-refractivity contribution < 1.29 is 14.6 Å². The van der Waals surface area contributed by atoms with Gasteiger partial charge in [-0.1, -0.05) is 12.1 Å². The van der Waals surface area contributed by atoms with E-state index in [1.165, 1.54) is 0 Å². The Morgan fingerprint density at radius 2 is 2.00 bits per heavy atom. The van der Waals surface area contributed by atoms with E-state index in [4.69, 9.17) is 9.84 Å². The van der Waals surface area contributed by atoms with Crippen molar-refractivity contribution in [2.75, 3.05) is 33.4 Å². The number of aliphatic hydroxyl groups excluding tert-OH is 1. The fraction of sp³-hybridized carbons (Fsp3) is 0.462. The molecule has 3 N–H and O–H groups in total. The van der Waals surface area contributed by atoms with E-state index in [9.17, 15) is 4.79 Å². The Morgan fingerprint density at radius 1 is 1.28 bits per heavy atom. The van der Waals surface area contributed by atoms with E-state index < -0.39 is 0 Å². The number of benzene rings is 1. The van der Waals surface area contributed by atoms with Crippen LogP contribution in [-0.2, 0) is 11.3 Å². The Hall–Kier alpha value is -1.43. The smallest absolute Gasteiger partial charge is 0.251 e. The van der Waals surface area contributed by atoms with Crippen LogP contribution in [0.3, 0.4) is 0 Å². The summed E-state index contributed by atoms with van der Waals surface area (Å²) < 4.78 is 5.05. The first-order valence-electron chi connectivity index (χ1n) is 5.98. The first-order chi connectivity index (χ1) is 8.77. The number of hydrogen-bond acceptors (Lipinski definition) is 4. The van der Waals surface area contributed by atoms with Gasteiger partial charge in [0.15, 0.2) is 0 Å². The molecule has 0 unspecified atom stereocenters. The predicted octanol–water partition coefficient (Wildman–Crippen LogP) is 0.145. The second kappa shape index (κ2) is 8.63. The van der Waals surface area contributed by atoms with Crippen LogP contribution < -0.4 is 10.6 Å². The quantitative estimate of drug-likeness (QED) is 0.576. The first kappa shape index (κ1) is 14.6. The van der Waals surface area contributed by atoms with Gasteiger partial charge < -0.3 is 20.5 Å². The highest BCUT2D eigenvalue weighted by Gasteiger charge is 2.04. The second-order valence-electron chi connectivity index (χ2n) is 3.82. The van der Waals surface area contributed by atoms with Crippen LogP contribution in [0.4, 0.5) is 0 Å². The normalized spacial score (nSPS) is 10.3. The van der Waals surface area contributed by atoms with Crippen LogP contribution in [0, 0.1) is 0 Å². The molecule has 0 saturated heterocycles. The van der Waals surface area contributed by atoms with Gasteiger partial charge in [-0.3, -0.25) is 4.79 Å². The van der Waals surface area contributed by atoms with Crippen LogP contribution >= 0.6 is 0 Å². The van der Waals surface area contributed by atoms with Crippen molar-refractivity contribution in [3.63, 3.8) is 0 Å². The summed E-state index contributed by atoms with van der Waals surface area (Å²) in [5, 5.41) is 14.3. The van der Waals surface area contributed by atoms with Crippen molar-refractivity contribution >= 4 is 5.91 Å². The van der Waals surface area contributed by atoms with Crippen LogP contribution in [0.1, 0.15) is 15.9 Å². The fourth-order valence-corrected chi connectivity index (χ4v) is 1.48. The van der Waals surface area contributed by atoms with Crippen molar-refractivity contribution in [1.29, 1.82) is 0 Å². The number of rotatable bonds is 8. The summed E-state index contributed by atoms with van der Waals surface area (Å²) >= 11 is 0. The van der Waals surface area contributed by atoms with Crippen molar-refractivity contribution in [1.82, 2.24) is 10.6 Å². The summed E-state index contributed by atoms with van der Waals surface area (Å²) in [6.07, 6.45) is 0. The minimum Gasteiger partial charge on any atom is -0.394 e. The molecule has 0 aliphatic heterocycles. The second-order valence-corrected chi connectivity index (χ2v) is 3.82. The van der Waals surface area contributed by atoms with Gasteiger partial charge in [-0.2, -0.15) is 0 Å². The van der Waals surface area contributed by atoms with Crippen LogP contribution in [0.2, 0.25) is 0 Å². The summed E-state index contributed by atoms with van der Waals surface area (Å²) in [6.45, 7) is 1.94. The van der Waals surface area contributed by atoms with Crippen molar-refractivity contribution in [3.8, 4) is 0 Å². The monoisotopic (exact) mass is 252 g/mol. The van der Waals surface area contributed by atoms with Gasteiger partial charge >= 0.3 is 0 Å².